The van der Waals surface area contributed by atoms with E-state index >= 15 is 0 Å². The van der Waals surface area contributed by atoms with Gasteiger partial charge in [0.1, 0.15) is 0 Å². The standard InChI is InChI=1S/C20H12N4.Na.H/c1-2-14-10-16-5-6-18(23-16)12-20-8-7-19(24-20)11-17-4-3-15(22-17)9-13(1)21-14;;/h1-12H;;/i1D;;. The van der Waals surface area contributed by atoms with Gasteiger partial charge in [0.25, 0.3) is 0 Å². The molecule has 0 radical (unpaired) electrons. The van der Waals surface area contributed by atoms with Crippen LogP contribution in [-0.4, -0.2) is 52.4 Å². The zero-order chi connectivity index (χ0) is 16.8. The number of nitrogens with zero attached hydrogens (tertiary/aromatic N) is 4. The monoisotopic (exact) mass is 333 g/mol. The zero-order valence-corrected chi connectivity index (χ0v) is 12.6. The van der Waals surface area contributed by atoms with E-state index in [2.05, 4.69) is 20.0 Å². The summed E-state index contributed by atoms with van der Waals surface area (Å²) in [5.41, 5.74) is 6.33. The van der Waals surface area contributed by atoms with Crippen LogP contribution in [0.15, 0.2) is 116 Å². The fourth-order valence-corrected chi connectivity index (χ4v) is 2.76. The van der Waals surface area contributed by atoms with Gasteiger partial charge in [-0.05, 0) is 72.9 Å². The number of fused-ring (bicyclic) bond motifs is 4. The first-order valence-corrected chi connectivity index (χ1v) is 7.66. The molecule has 5 heteroatoms. The Morgan fingerprint density at radius 1 is 0.480 bits per heavy atom. The van der Waals surface area contributed by atoms with E-state index in [9.17, 15) is 0 Å². The summed E-state index contributed by atoms with van der Waals surface area (Å²) in [4.78, 5) is 18.2. The molecule has 4 nitrogen and oxygen atoms in total. The predicted octanol–water partition coefficient (Wildman–Crippen LogP) is 2.93. The van der Waals surface area contributed by atoms with Crippen molar-refractivity contribution in [3.63, 3.8) is 0 Å². The number of aliphatic imine (C=N–C) groups is 4. The zero-order valence-electron chi connectivity index (χ0n) is 13.6. The Labute approximate surface area is 169 Å². The van der Waals surface area contributed by atoms with E-state index in [1.807, 2.05) is 60.8 Å². The van der Waals surface area contributed by atoms with E-state index in [0.717, 1.165) is 39.9 Å². The quantitative estimate of drug-likeness (QED) is 0.612. The van der Waals surface area contributed by atoms with E-state index in [-0.39, 0.29) is 29.6 Å². The summed E-state index contributed by atoms with van der Waals surface area (Å²) < 4.78 is 8.11. The Morgan fingerprint density at radius 3 is 1.32 bits per heavy atom. The van der Waals surface area contributed by atoms with Crippen LogP contribution in [0.4, 0.5) is 0 Å². The number of allylic oxidation sites excluding steroid dienone is 12. The summed E-state index contributed by atoms with van der Waals surface area (Å²) in [7, 11) is 0. The molecule has 5 rings (SSSR count). The molecular formula is C20H13N4Na. The molecule has 114 valence electrons. The minimum atomic E-state index is 0. The molecule has 0 fully saturated rings. The fourth-order valence-electron chi connectivity index (χ4n) is 2.76. The van der Waals surface area contributed by atoms with E-state index in [1.165, 1.54) is 0 Å². The average Bonchev–Trinajstić information content (AvgIpc) is 3.33. The molecule has 0 spiro atoms. The second kappa shape index (κ2) is 6.48. The van der Waals surface area contributed by atoms with Crippen LogP contribution in [0, 0.1) is 0 Å². The molecule has 0 aliphatic carbocycles. The van der Waals surface area contributed by atoms with Gasteiger partial charge in [-0.2, -0.15) is 0 Å². The first-order chi connectivity index (χ1) is 12.2. The summed E-state index contributed by atoms with van der Waals surface area (Å²) in [5, 5.41) is 0. The summed E-state index contributed by atoms with van der Waals surface area (Å²) in [6, 6.07) is 0.379. The van der Waals surface area contributed by atoms with Crippen molar-refractivity contribution in [3.05, 3.63) is 95.7 Å². The van der Waals surface area contributed by atoms with Gasteiger partial charge >= 0.3 is 29.6 Å². The third-order valence-corrected chi connectivity index (χ3v) is 3.84. The molecule has 25 heavy (non-hydrogen) atoms. The number of rotatable bonds is 0. The molecule has 5 aliphatic rings. The average molecular weight is 333 g/mol. The molecule has 0 aromatic rings. The van der Waals surface area contributed by atoms with Crippen molar-refractivity contribution in [1.82, 2.24) is 0 Å². The van der Waals surface area contributed by atoms with E-state index in [4.69, 9.17) is 1.37 Å². The van der Waals surface area contributed by atoms with Crippen LogP contribution in [0.3, 0.4) is 0 Å². The molecule has 0 aromatic carbocycles. The molecular weight excluding hydrogens is 319 g/mol. The van der Waals surface area contributed by atoms with Gasteiger partial charge < -0.3 is 0 Å². The van der Waals surface area contributed by atoms with Crippen molar-refractivity contribution in [2.75, 3.05) is 0 Å². The van der Waals surface area contributed by atoms with Crippen molar-refractivity contribution >= 4 is 52.4 Å². The van der Waals surface area contributed by atoms with Crippen LogP contribution in [0.2, 0.25) is 0 Å². The third kappa shape index (κ3) is 3.37. The van der Waals surface area contributed by atoms with Gasteiger partial charge in [0.2, 0.25) is 0 Å². The van der Waals surface area contributed by atoms with Crippen molar-refractivity contribution in [2.24, 2.45) is 20.0 Å². The fraction of sp³-hybridized carbons (Fsp3) is 0. The van der Waals surface area contributed by atoms with Gasteiger partial charge in [-0.3, -0.25) is 0 Å². The number of hydrogen-bond donors (Lipinski definition) is 0. The molecule has 5 aliphatic heterocycles. The molecule has 0 aromatic heterocycles. The van der Waals surface area contributed by atoms with Gasteiger partial charge in [0.15, 0.2) is 0 Å². The summed E-state index contributed by atoms with van der Waals surface area (Å²) in [5.74, 6) is 0. The maximum absolute atomic E-state index is 8.11. The van der Waals surface area contributed by atoms with Gasteiger partial charge in [0.05, 0.1) is 47.0 Å². The van der Waals surface area contributed by atoms with Crippen LogP contribution in [-0.2, 0) is 0 Å². The summed E-state index contributed by atoms with van der Waals surface area (Å²) in [6.07, 6.45) is 21.0. The topological polar surface area (TPSA) is 49.4 Å². The maximum atomic E-state index is 8.11. The Balaban J connectivity index is 0.00000168. The van der Waals surface area contributed by atoms with Crippen LogP contribution in [0.5, 0.6) is 0 Å². The van der Waals surface area contributed by atoms with E-state index in [0.29, 0.717) is 11.8 Å². The molecule has 0 saturated carbocycles. The van der Waals surface area contributed by atoms with Crippen molar-refractivity contribution in [1.29, 1.82) is 0 Å². The van der Waals surface area contributed by atoms with E-state index in [1.54, 1.807) is 6.08 Å². The minimum absolute atomic E-state index is 0. The predicted molar refractivity (Wildman–Crippen MR) is 106 cm³/mol. The number of hydrogen-bond acceptors (Lipinski definition) is 4. The summed E-state index contributed by atoms with van der Waals surface area (Å²) in [6.45, 7) is 0. The van der Waals surface area contributed by atoms with E-state index < -0.39 is 0 Å². The molecule has 0 atom stereocenters. The Kier molecular flexibility index (Phi) is 3.86. The van der Waals surface area contributed by atoms with Crippen LogP contribution >= 0.6 is 0 Å². The molecule has 0 saturated heterocycles. The molecule has 5 heterocycles. The SMILES string of the molecule is [2H]C1=CC2=CC3=NC(=CC4=NC(=CC5=NC(=CC1=N2)C=C5)C=C4)C=C3.[NaH]. The van der Waals surface area contributed by atoms with Crippen molar-refractivity contribution < 1.29 is 1.37 Å². The Bertz CT molecular complexity index is 1080. The van der Waals surface area contributed by atoms with Crippen LogP contribution in [0.25, 0.3) is 0 Å². The van der Waals surface area contributed by atoms with Crippen molar-refractivity contribution in [2.45, 2.75) is 0 Å². The van der Waals surface area contributed by atoms with Gasteiger partial charge in [-0.25, -0.2) is 20.0 Å². The third-order valence-electron chi connectivity index (χ3n) is 3.84. The molecule has 0 unspecified atom stereocenters. The molecule has 8 bridgehead atoms. The van der Waals surface area contributed by atoms with Gasteiger partial charge in [0, 0.05) is 0 Å². The molecule has 0 amide bonds. The van der Waals surface area contributed by atoms with Gasteiger partial charge in [-0.1, -0.05) is 0 Å². The second-order valence-corrected chi connectivity index (χ2v) is 5.67. The first-order valence-electron chi connectivity index (χ1n) is 8.16. The Hall–Kier alpha value is -2.40. The summed E-state index contributed by atoms with van der Waals surface area (Å²) >= 11 is 0. The first kappa shape index (κ1) is 14.9. The van der Waals surface area contributed by atoms with Crippen LogP contribution < -0.4 is 0 Å². The van der Waals surface area contributed by atoms with Crippen molar-refractivity contribution in [3.8, 4) is 0 Å². The molecule has 0 N–H and O–H groups in total. The Morgan fingerprint density at radius 2 is 0.840 bits per heavy atom. The second-order valence-electron chi connectivity index (χ2n) is 5.67. The van der Waals surface area contributed by atoms with Gasteiger partial charge in [-0.15, -0.1) is 0 Å². The normalized spacial score (nSPS) is 22.7. The van der Waals surface area contributed by atoms with Crippen LogP contribution in [0.1, 0.15) is 1.37 Å².